The van der Waals surface area contributed by atoms with Crippen LogP contribution in [-0.2, 0) is 4.79 Å². The van der Waals surface area contributed by atoms with Crippen molar-refractivity contribution in [2.75, 3.05) is 6.54 Å². The van der Waals surface area contributed by atoms with Crippen LogP contribution in [0, 0.1) is 11.3 Å². The Bertz CT molecular complexity index is 445. The van der Waals surface area contributed by atoms with Crippen molar-refractivity contribution in [2.24, 2.45) is 0 Å². The maximum absolute atomic E-state index is 12.4. The fourth-order valence-electron chi connectivity index (χ4n) is 2.18. The summed E-state index contributed by atoms with van der Waals surface area (Å²) in [6, 6.07) is 11.9. The molecule has 0 heterocycles. The largest absolute Gasteiger partial charge is 0.338 e. The van der Waals surface area contributed by atoms with Crippen LogP contribution in [0.25, 0.3) is 0 Å². The highest BCUT2D eigenvalue weighted by atomic mass is 16.2. The smallest absolute Gasteiger partial charge is 0.244 e. The molecule has 3 heteroatoms. The maximum Gasteiger partial charge on any atom is 0.244 e. The summed E-state index contributed by atoms with van der Waals surface area (Å²) in [5.74, 6) is -0.689. The molecule has 1 amide bonds. The Balaban J connectivity index is 2.17. The van der Waals surface area contributed by atoms with Gasteiger partial charge >= 0.3 is 0 Å². The highest BCUT2D eigenvalue weighted by Crippen LogP contribution is 2.30. The molecule has 2 rings (SSSR count). The van der Waals surface area contributed by atoms with Crippen LogP contribution in [0.5, 0.6) is 0 Å². The number of hydrogen-bond acceptors (Lipinski definition) is 2. The van der Waals surface area contributed by atoms with Crippen molar-refractivity contribution in [1.29, 1.82) is 5.26 Å². The minimum absolute atomic E-state index is 0.0342. The molecular formula is C15H18N2O. The molecule has 18 heavy (non-hydrogen) atoms. The second kappa shape index (κ2) is 5.68. The lowest BCUT2D eigenvalue weighted by atomic mass is 9.99. The van der Waals surface area contributed by atoms with E-state index in [9.17, 15) is 10.1 Å². The third kappa shape index (κ3) is 2.70. The molecule has 0 saturated heterocycles. The summed E-state index contributed by atoms with van der Waals surface area (Å²) >= 11 is 0. The average Bonchev–Trinajstić information content (AvgIpc) is 3.22. The molecule has 0 bridgehead atoms. The number of nitrogens with zero attached hydrogens (tertiary/aromatic N) is 2. The van der Waals surface area contributed by atoms with Crippen molar-refractivity contribution >= 4 is 5.91 Å². The summed E-state index contributed by atoms with van der Waals surface area (Å²) in [5.41, 5.74) is 0.798. The first-order chi connectivity index (χ1) is 8.77. The topological polar surface area (TPSA) is 44.1 Å². The van der Waals surface area contributed by atoms with Gasteiger partial charge < -0.3 is 4.90 Å². The zero-order valence-corrected chi connectivity index (χ0v) is 10.7. The third-order valence-corrected chi connectivity index (χ3v) is 3.24. The number of nitriles is 1. The molecule has 0 aromatic heterocycles. The molecular weight excluding hydrogens is 224 g/mol. The van der Waals surface area contributed by atoms with Crippen molar-refractivity contribution in [1.82, 2.24) is 4.90 Å². The van der Waals surface area contributed by atoms with Gasteiger partial charge in [-0.05, 0) is 24.8 Å². The van der Waals surface area contributed by atoms with E-state index < -0.39 is 5.92 Å². The molecule has 3 nitrogen and oxygen atoms in total. The number of carbonyl (C=O) groups is 1. The van der Waals surface area contributed by atoms with Crippen LogP contribution < -0.4 is 0 Å². The highest BCUT2D eigenvalue weighted by Gasteiger charge is 2.35. The monoisotopic (exact) mass is 242 g/mol. The summed E-state index contributed by atoms with van der Waals surface area (Å²) in [6.07, 6.45) is 3.10. The van der Waals surface area contributed by atoms with Gasteiger partial charge in [-0.15, -0.1) is 0 Å². The number of carbonyl (C=O) groups excluding carboxylic acids is 1. The summed E-state index contributed by atoms with van der Waals surface area (Å²) < 4.78 is 0. The van der Waals surface area contributed by atoms with Gasteiger partial charge in [0.2, 0.25) is 5.91 Å². The maximum atomic E-state index is 12.4. The Morgan fingerprint density at radius 2 is 2.11 bits per heavy atom. The van der Waals surface area contributed by atoms with Crippen LogP contribution in [0.15, 0.2) is 30.3 Å². The van der Waals surface area contributed by atoms with E-state index in [2.05, 4.69) is 13.0 Å². The average molecular weight is 242 g/mol. The number of amides is 1. The fourth-order valence-corrected chi connectivity index (χ4v) is 2.18. The van der Waals surface area contributed by atoms with Crippen LogP contribution in [-0.4, -0.2) is 23.4 Å². The minimum atomic E-state index is -0.654. The first-order valence-electron chi connectivity index (χ1n) is 6.53. The SMILES string of the molecule is CCCN(C(=O)C(C#N)c1ccccc1)C1CC1. The van der Waals surface area contributed by atoms with Gasteiger partial charge in [0, 0.05) is 12.6 Å². The summed E-state index contributed by atoms with van der Waals surface area (Å²) in [7, 11) is 0. The normalized spacial score (nSPS) is 15.8. The molecule has 1 aromatic carbocycles. The highest BCUT2D eigenvalue weighted by molar-refractivity contribution is 5.87. The molecule has 1 fully saturated rings. The van der Waals surface area contributed by atoms with E-state index in [1.807, 2.05) is 35.2 Å². The summed E-state index contributed by atoms with van der Waals surface area (Å²) in [6.45, 7) is 2.82. The predicted octanol–water partition coefficient (Wildman–Crippen LogP) is 2.69. The Morgan fingerprint density at radius 3 is 2.61 bits per heavy atom. The molecule has 1 saturated carbocycles. The van der Waals surface area contributed by atoms with Gasteiger partial charge in [-0.2, -0.15) is 5.26 Å². The van der Waals surface area contributed by atoms with Gasteiger partial charge in [0.25, 0.3) is 0 Å². The molecule has 0 aliphatic heterocycles. The summed E-state index contributed by atoms with van der Waals surface area (Å²) in [5, 5.41) is 9.27. The number of benzene rings is 1. The number of rotatable bonds is 5. The first kappa shape index (κ1) is 12.6. The van der Waals surface area contributed by atoms with Crippen LogP contribution in [0.3, 0.4) is 0 Å². The molecule has 0 N–H and O–H groups in total. The molecule has 94 valence electrons. The zero-order chi connectivity index (χ0) is 13.0. The third-order valence-electron chi connectivity index (χ3n) is 3.24. The Hall–Kier alpha value is -1.82. The van der Waals surface area contributed by atoms with Gasteiger partial charge in [-0.1, -0.05) is 37.3 Å². The Kier molecular flexibility index (Phi) is 3.99. The van der Waals surface area contributed by atoms with Crippen LogP contribution in [0.1, 0.15) is 37.7 Å². The Labute approximate surface area is 108 Å². The van der Waals surface area contributed by atoms with Gasteiger partial charge in [-0.25, -0.2) is 0 Å². The first-order valence-corrected chi connectivity index (χ1v) is 6.53. The molecule has 1 aliphatic rings. The molecule has 1 atom stereocenters. The van der Waals surface area contributed by atoms with Crippen LogP contribution in [0.4, 0.5) is 0 Å². The quantitative estimate of drug-likeness (QED) is 0.796. The van der Waals surface area contributed by atoms with E-state index in [4.69, 9.17) is 0 Å². The summed E-state index contributed by atoms with van der Waals surface area (Å²) in [4.78, 5) is 14.3. The van der Waals surface area contributed by atoms with Crippen molar-refractivity contribution in [2.45, 2.75) is 38.1 Å². The molecule has 1 aromatic rings. The van der Waals surface area contributed by atoms with Crippen molar-refractivity contribution in [3.8, 4) is 6.07 Å². The second-order valence-corrected chi connectivity index (χ2v) is 4.74. The van der Waals surface area contributed by atoms with E-state index in [0.717, 1.165) is 31.4 Å². The van der Waals surface area contributed by atoms with E-state index in [-0.39, 0.29) is 5.91 Å². The molecule has 0 spiro atoms. The van der Waals surface area contributed by atoms with Gasteiger partial charge in [0.1, 0.15) is 5.92 Å². The van der Waals surface area contributed by atoms with E-state index >= 15 is 0 Å². The zero-order valence-electron chi connectivity index (χ0n) is 10.7. The lowest BCUT2D eigenvalue weighted by molar-refractivity contribution is -0.132. The van der Waals surface area contributed by atoms with Gasteiger partial charge in [0.15, 0.2) is 0 Å². The Morgan fingerprint density at radius 1 is 1.44 bits per heavy atom. The van der Waals surface area contributed by atoms with Gasteiger partial charge in [0.05, 0.1) is 6.07 Å². The molecule has 0 radical (unpaired) electrons. The van der Waals surface area contributed by atoms with Crippen molar-refractivity contribution in [3.05, 3.63) is 35.9 Å². The fraction of sp³-hybridized carbons (Fsp3) is 0.467. The van der Waals surface area contributed by atoms with E-state index in [1.165, 1.54) is 0 Å². The minimum Gasteiger partial charge on any atom is -0.338 e. The van der Waals surface area contributed by atoms with Crippen molar-refractivity contribution < 1.29 is 4.79 Å². The molecule has 1 unspecified atom stereocenters. The van der Waals surface area contributed by atoms with Crippen LogP contribution in [0.2, 0.25) is 0 Å². The lowest BCUT2D eigenvalue weighted by Gasteiger charge is -2.24. The lowest BCUT2D eigenvalue weighted by Crippen LogP contribution is -2.37. The standard InChI is InChI=1S/C15H18N2O/c1-2-10-17(13-8-9-13)15(18)14(11-16)12-6-4-3-5-7-12/h3-7,13-14H,2,8-10H2,1H3. The van der Waals surface area contributed by atoms with Crippen molar-refractivity contribution in [3.63, 3.8) is 0 Å². The molecule has 1 aliphatic carbocycles. The predicted molar refractivity (Wildman–Crippen MR) is 69.8 cm³/mol. The van der Waals surface area contributed by atoms with Crippen LogP contribution >= 0.6 is 0 Å². The second-order valence-electron chi connectivity index (χ2n) is 4.74. The van der Waals surface area contributed by atoms with Gasteiger partial charge in [-0.3, -0.25) is 4.79 Å². The van der Waals surface area contributed by atoms with E-state index in [1.54, 1.807) is 0 Å². The van der Waals surface area contributed by atoms with E-state index in [0.29, 0.717) is 6.04 Å². The number of hydrogen-bond donors (Lipinski definition) is 0.